The maximum absolute atomic E-state index is 11.9. The van der Waals surface area contributed by atoms with Gasteiger partial charge >= 0.3 is 0 Å². The summed E-state index contributed by atoms with van der Waals surface area (Å²) in [6, 6.07) is 10.2. The highest BCUT2D eigenvalue weighted by Crippen LogP contribution is 2.24. The summed E-state index contributed by atoms with van der Waals surface area (Å²) in [6.45, 7) is 4.41. The van der Waals surface area contributed by atoms with E-state index in [0.717, 1.165) is 29.0 Å². The maximum Gasteiger partial charge on any atom is 0.230 e. The van der Waals surface area contributed by atoms with Gasteiger partial charge in [0.15, 0.2) is 4.34 Å². The van der Waals surface area contributed by atoms with Gasteiger partial charge in [-0.3, -0.25) is 4.79 Å². The van der Waals surface area contributed by atoms with Crippen molar-refractivity contribution >= 4 is 39.8 Å². The zero-order valence-corrected chi connectivity index (χ0v) is 15.6. The minimum absolute atomic E-state index is 0.0302. The fourth-order valence-corrected chi connectivity index (χ4v) is 3.67. The second kappa shape index (κ2) is 10.1. The molecule has 0 atom stereocenters. The van der Waals surface area contributed by atoms with Crippen molar-refractivity contribution in [1.82, 2.24) is 15.5 Å². The highest BCUT2D eigenvalue weighted by molar-refractivity contribution is 8.01. The minimum Gasteiger partial charge on any atom is -0.375 e. The molecule has 0 saturated carbocycles. The standard InChI is InChI=1S/C16H23N5OS2/c1-3-17-15-19-20-16(24-15)23-12-14(22)18-10-7-11-21(2)13-8-5-4-6-9-13/h4-6,8-9H,3,7,10-12H2,1-2H3,(H,17,19)(H,18,22). The Morgan fingerprint density at radius 3 is 2.83 bits per heavy atom. The van der Waals surface area contributed by atoms with Crippen LogP contribution in [0.1, 0.15) is 13.3 Å². The zero-order chi connectivity index (χ0) is 17.2. The molecular weight excluding hydrogens is 342 g/mol. The lowest BCUT2D eigenvalue weighted by molar-refractivity contribution is -0.118. The monoisotopic (exact) mass is 365 g/mol. The van der Waals surface area contributed by atoms with Crippen molar-refractivity contribution in [3.8, 4) is 0 Å². The predicted octanol–water partition coefficient (Wildman–Crippen LogP) is 2.70. The summed E-state index contributed by atoms with van der Waals surface area (Å²) in [4.78, 5) is 14.0. The first-order valence-electron chi connectivity index (χ1n) is 7.92. The molecule has 0 radical (unpaired) electrons. The van der Waals surface area contributed by atoms with Crippen molar-refractivity contribution in [1.29, 1.82) is 0 Å². The van der Waals surface area contributed by atoms with Crippen molar-refractivity contribution in [2.75, 3.05) is 42.7 Å². The first-order valence-corrected chi connectivity index (χ1v) is 9.72. The Morgan fingerprint density at radius 1 is 1.29 bits per heavy atom. The summed E-state index contributed by atoms with van der Waals surface area (Å²) in [5.74, 6) is 0.400. The van der Waals surface area contributed by atoms with Gasteiger partial charge in [0, 0.05) is 32.4 Å². The Bertz CT molecular complexity index is 620. The van der Waals surface area contributed by atoms with Crippen LogP contribution < -0.4 is 15.5 Å². The highest BCUT2D eigenvalue weighted by Gasteiger charge is 2.07. The molecule has 0 aliphatic carbocycles. The molecule has 8 heteroatoms. The SMILES string of the molecule is CCNc1nnc(SCC(=O)NCCCN(C)c2ccccc2)s1. The molecule has 0 aliphatic rings. The molecule has 130 valence electrons. The molecule has 0 saturated heterocycles. The van der Waals surface area contributed by atoms with E-state index >= 15 is 0 Å². The van der Waals surface area contributed by atoms with Crippen LogP contribution in [-0.2, 0) is 4.79 Å². The topological polar surface area (TPSA) is 70.1 Å². The van der Waals surface area contributed by atoms with Gasteiger partial charge in [-0.1, -0.05) is 41.3 Å². The van der Waals surface area contributed by atoms with Crippen LogP contribution in [0.5, 0.6) is 0 Å². The number of benzene rings is 1. The number of carbonyl (C=O) groups is 1. The Labute approximate surface area is 151 Å². The van der Waals surface area contributed by atoms with Crippen LogP contribution >= 0.6 is 23.1 Å². The fourth-order valence-electron chi connectivity index (χ4n) is 2.02. The van der Waals surface area contributed by atoms with Gasteiger partial charge in [-0.15, -0.1) is 10.2 Å². The number of carbonyl (C=O) groups excluding carboxylic acids is 1. The zero-order valence-electron chi connectivity index (χ0n) is 14.0. The van der Waals surface area contributed by atoms with Crippen LogP contribution in [-0.4, -0.2) is 48.5 Å². The molecule has 0 unspecified atom stereocenters. The van der Waals surface area contributed by atoms with E-state index in [1.54, 1.807) is 0 Å². The Morgan fingerprint density at radius 2 is 2.08 bits per heavy atom. The van der Waals surface area contributed by atoms with Gasteiger partial charge in [-0.25, -0.2) is 0 Å². The molecule has 1 aromatic carbocycles. The molecular formula is C16H23N5OS2. The summed E-state index contributed by atoms with van der Waals surface area (Å²) in [7, 11) is 2.06. The fraction of sp³-hybridized carbons (Fsp3) is 0.438. The Kier molecular flexibility index (Phi) is 7.84. The van der Waals surface area contributed by atoms with Crippen LogP contribution in [0.2, 0.25) is 0 Å². The van der Waals surface area contributed by atoms with Crippen LogP contribution in [0.15, 0.2) is 34.7 Å². The maximum atomic E-state index is 11.9. The lowest BCUT2D eigenvalue weighted by Gasteiger charge is -2.19. The summed E-state index contributed by atoms with van der Waals surface area (Å²) < 4.78 is 0.810. The molecule has 6 nitrogen and oxygen atoms in total. The van der Waals surface area contributed by atoms with Gasteiger partial charge in [-0.2, -0.15) is 0 Å². The molecule has 0 spiro atoms. The lowest BCUT2D eigenvalue weighted by atomic mass is 10.3. The minimum atomic E-state index is 0.0302. The van der Waals surface area contributed by atoms with Crippen molar-refractivity contribution in [3.05, 3.63) is 30.3 Å². The third kappa shape index (κ3) is 6.37. The van der Waals surface area contributed by atoms with Gasteiger partial charge < -0.3 is 15.5 Å². The average Bonchev–Trinajstić information content (AvgIpc) is 3.05. The number of nitrogens with one attached hydrogen (secondary N) is 2. The molecule has 0 aliphatic heterocycles. The van der Waals surface area contributed by atoms with E-state index in [-0.39, 0.29) is 5.91 Å². The number of thioether (sulfide) groups is 1. The average molecular weight is 366 g/mol. The molecule has 0 fully saturated rings. The van der Waals surface area contributed by atoms with Gasteiger partial charge in [0.25, 0.3) is 0 Å². The van der Waals surface area contributed by atoms with Crippen molar-refractivity contribution in [2.24, 2.45) is 0 Å². The molecule has 2 aromatic rings. The van der Waals surface area contributed by atoms with Crippen molar-refractivity contribution < 1.29 is 4.79 Å². The molecule has 2 N–H and O–H groups in total. The highest BCUT2D eigenvalue weighted by atomic mass is 32.2. The molecule has 2 rings (SSSR count). The van der Waals surface area contributed by atoms with E-state index in [1.807, 2.05) is 25.1 Å². The first kappa shape index (κ1) is 18.5. The van der Waals surface area contributed by atoms with Crippen LogP contribution in [0.3, 0.4) is 0 Å². The summed E-state index contributed by atoms with van der Waals surface area (Å²) >= 11 is 2.89. The van der Waals surface area contributed by atoms with E-state index in [1.165, 1.54) is 28.8 Å². The second-order valence-electron chi connectivity index (χ2n) is 5.15. The van der Waals surface area contributed by atoms with Crippen LogP contribution in [0, 0.1) is 0 Å². The molecule has 24 heavy (non-hydrogen) atoms. The van der Waals surface area contributed by atoms with E-state index in [4.69, 9.17) is 0 Å². The van der Waals surface area contributed by atoms with Gasteiger partial charge in [0.1, 0.15) is 0 Å². The molecule has 0 bridgehead atoms. The van der Waals surface area contributed by atoms with E-state index in [0.29, 0.717) is 12.3 Å². The van der Waals surface area contributed by atoms with E-state index in [9.17, 15) is 4.79 Å². The first-order chi connectivity index (χ1) is 11.7. The smallest absolute Gasteiger partial charge is 0.230 e. The third-order valence-corrected chi connectivity index (χ3v) is 5.26. The van der Waals surface area contributed by atoms with Crippen LogP contribution in [0.25, 0.3) is 0 Å². The van der Waals surface area contributed by atoms with Crippen molar-refractivity contribution in [2.45, 2.75) is 17.7 Å². The van der Waals surface area contributed by atoms with Gasteiger partial charge in [0.05, 0.1) is 5.75 Å². The normalized spacial score (nSPS) is 10.4. The third-order valence-electron chi connectivity index (χ3n) is 3.25. The number of rotatable bonds is 10. The summed E-state index contributed by atoms with van der Waals surface area (Å²) in [5, 5.41) is 14.9. The number of aromatic nitrogens is 2. The summed E-state index contributed by atoms with van der Waals surface area (Å²) in [5.41, 5.74) is 1.19. The number of hydrogen-bond acceptors (Lipinski definition) is 7. The molecule has 1 aromatic heterocycles. The number of anilines is 2. The Balaban J connectivity index is 1.59. The van der Waals surface area contributed by atoms with Gasteiger partial charge in [0.2, 0.25) is 11.0 Å². The second-order valence-corrected chi connectivity index (χ2v) is 7.35. The number of para-hydroxylation sites is 1. The van der Waals surface area contributed by atoms with Gasteiger partial charge in [-0.05, 0) is 25.5 Å². The van der Waals surface area contributed by atoms with E-state index in [2.05, 4.69) is 44.9 Å². The Hall–Kier alpha value is -1.80. The number of hydrogen-bond donors (Lipinski definition) is 2. The van der Waals surface area contributed by atoms with Crippen LogP contribution in [0.4, 0.5) is 10.8 Å². The summed E-state index contributed by atoms with van der Waals surface area (Å²) in [6.07, 6.45) is 0.908. The molecule has 1 amide bonds. The quantitative estimate of drug-likeness (QED) is 0.498. The van der Waals surface area contributed by atoms with Crippen molar-refractivity contribution in [3.63, 3.8) is 0 Å². The predicted molar refractivity (Wildman–Crippen MR) is 102 cm³/mol. The number of nitrogens with zero attached hydrogens (tertiary/aromatic N) is 3. The largest absolute Gasteiger partial charge is 0.375 e. The van der Waals surface area contributed by atoms with E-state index < -0.39 is 0 Å². The molecule has 1 heterocycles. The number of amides is 1. The lowest BCUT2D eigenvalue weighted by Crippen LogP contribution is -2.29.